The van der Waals surface area contributed by atoms with Crippen LogP contribution in [0.1, 0.15) is 31.4 Å². The maximum atomic E-state index is 4.05. The van der Waals surface area contributed by atoms with Gasteiger partial charge in [0.2, 0.25) is 0 Å². The molecule has 0 saturated heterocycles. The predicted molar refractivity (Wildman–Crippen MR) is 83.7 cm³/mol. The summed E-state index contributed by atoms with van der Waals surface area (Å²) in [5.41, 5.74) is 5.03. The average molecular weight is 249 g/mol. The molecule has 0 spiro atoms. The molecule has 0 radical (unpaired) electrons. The Labute approximate surface area is 115 Å². The number of fused-ring (bicyclic) bond motifs is 1. The van der Waals surface area contributed by atoms with Gasteiger partial charge in [-0.05, 0) is 46.9 Å². The van der Waals surface area contributed by atoms with Crippen LogP contribution in [-0.2, 0) is 0 Å². The van der Waals surface area contributed by atoms with Gasteiger partial charge in [-0.2, -0.15) is 0 Å². The highest BCUT2D eigenvalue weighted by atomic mass is 14.6. The van der Waals surface area contributed by atoms with Crippen molar-refractivity contribution in [1.29, 1.82) is 0 Å². The minimum Gasteiger partial charge on any atom is -0.265 e. The molecule has 2 aromatic rings. The Hall–Kier alpha value is -2.15. The molecule has 0 aliphatic heterocycles. The number of hydrogen-bond donors (Lipinski definition) is 0. The summed E-state index contributed by atoms with van der Waals surface area (Å²) in [7, 11) is 0. The van der Waals surface area contributed by atoms with Crippen LogP contribution >= 0.6 is 0 Å². The molecule has 0 saturated carbocycles. The van der Waals surface area contributed by atoms with Crippen LogP contribution in [-0.4, -0.2) is 4.98 Å². The number of hydrogen-bond acceptors (Lipinski definition) is 1. The standard InChI is InChI=1S/C16H13N.C2H6/c1-2-4-13-6-7-16(12-15(13)5-3-1)14-8-10-17-11-9-14;1-2/h2-12H,1H2;1-2H3. The Balaban J connectivity index is 0.000000637. The van der Waals surface area contributed by atoms with Crippen molar-refractivity contribution >= 4 is 12.2 Å². The molecule has 19 heavy (non-hydrogen) atoms. The SMILES string of the molecule is C1=Cc2ccc(-c3ccncc3)cc2C=CC1.CC. The van der Waals surface area contributed by atoms with Crippen LogP contribution in [0, 0.1) is 0 Å². The van der Waals surface area contributed by atoms with E-state index in [1.165, 1.54) is 22.3 Å². The molecule has 0 unspecified atom stereocenters. The molecule has 1 nitrogen and oxygen atoms in total. The molecule has 1 heteroatoms. The van der Waals surface area contributed by atoms with Gasteiger partial charge < -0.3 is 0 Å². The van der Waals surface area contributed by atoms with Gasteiger partial charge >= 0.3 is 0 Å². The zero-order chi connectivity index (χ0) is 13.5. The van der Waals surface area contributed by atoms with Crippen molar-refractivity contribution in [2.75, 3.05) is 0 Å². The van der Waals surface area contributed by atoms with Crippen molar-refractivity contribution in [3.63, 3.8) is 0 Å². The summed E-state index contributed by atoms with van der Waals surface area (Å²) in [5.74, 6) is 0. The third-order valence-corrected chi connectivity index (χ3v) is 2.97. The van der Waals surface area contributed by atoms with Crippen molar-refractivity contribution in [3.05, 3.63) is 66.0 Å². The summed E-state index contributed by atoms with van der Waals surface area (Å²) in [4.78, 5) is 4.05. The first-order valence-electron chi connectivity index (χ1n) is 6.81. The fraction of sp³-hybridized carbons (Fsp3) is 0.167. The minimum absolute atomic E-state index is 1.01. The summed E-state index contributed by atoms with van der Waals surface area (Å²) < 4.78 is 0. The van der Waals surface area contributed by atoms with Gasteiger partial charge in [0.25, 0.3) is 0 Å². The lowest BCUT2D eigenvalue weighted by molar-refractivity contribution is 1.33. The van der Waals surface area contributed by atoms with Gasteiger partial charge in [-0.15, -0.1) is 0 Å². The number of rotatable bonds is 1. The molecule has 1 aromatic heterocycles. The molecule has 0 amide bonds. The minimum atomic E-state index is 1.01. The van der Waals surface area contributed by atoms with Crippen LogP contribution < -0.4 is 0 Å². The molecular weight excluding hydrogens is 230 g/mol. The Bertz CT molecular complexity index is 580. The molecule has 96 valence electrons. The lowest BCUT2D eigenvalue weighted by Crippen LogP contribution is -1.84. The molecular formula is C18H19N. The van der Waals surface area contributed by atoms with E-state index in [9.17, 15) is 0 Å². The molecule has 1 aromatic carbocycles. The first-order chi connectivity index (χ1) is 9.43. The maximum absolute atomic E-state index is 4.05. The molecule has 0 atom stereocenters. The summed E-state index contributed by atoms with van der Waals surface area (Å²) in [6.07, 6.45) is 13.4. The van der Waals surface area contributed by atoms with Gasteiger partial charge in [-0.1, -0.05) is 50.3 Å². The largest absolute Gasteiger partial charge is 0.265 e. The molecule has 1 heterocycles. The van der Waals surface area contributed by atoms with E-state index in [0.29, 0.717) is 0 Å². The third-order valence-electron chi connectivity index (χ3n) is 2.97. The van der Waals surface area contributed by atoms with Crippen molar-refractivity contribution < 1.29 is 0 Å². The van der Waals surface area contributed by atoms with Crippen LogP contribution in [0.4, 0.5) is 0 Å². The summed E-state index contributed by atoms with van der Waals surface area (Å²) in [5, 5.41) is 0. The zero-order valence-electron chi connectivity index (χ0n) is 11.5. The van der Waals surface area contributed by atoms with Crippen molar-refractivity contribution in [2.24, 2.45) is 0 Å². The van der Waals surface area contributed by atoms with Gasteiger partial charge in [-0.3, -0.25) is 4.98 Å². The second-order valence-corrected chi connectivity index (χ2v) is 4.12. The van der Waals surface area contributed by atoms with Gasteiger partial charge in [0.1, 0.15) is 0 Å². The number of pyridine rings is 1. The summed E-state index contributed by atoms with van der Waals surface area (Å²) >= 11 is 0. The van der Waals surface area contributed by atoms with Gasteiger partial charge in [0, 0.05) is 12.4 Å². The molecule has 0 fully saturated rings. The van der Waals surface area contributed by atoms with E-state index < -0.39 is 0 Å². The van der Waals surface area contributed by atoms with Crippen molar-refractivity contribution in [2.45, 2.75) is 20.3 Å². The van der Waals surface area contributed by atoms with E-state index in [1.54, 1.807) is 0 Å². The van der Waals surface area contributed by atoms with Crippen molar-refractivity contribution in [3.8, 4) is 11.1 Å². The lowest BCUT2D eigenvalue weighted by atomic mass is 10.00. The Morgan fingerprint density at radius 2 is 1.47 bits per heavy atom. The molecule has 0 N–H and O–H groups in total. The second-order valence-electron chi connectivity index (χ2n) is 4.12. The number of nitrogens with zero attached hydrogens (tertiary/aromatic N) is 1. The average Bonchev–Trinajstić information content (AvgIpc) is 2.74. The zero-order valence-corrected chi connectivity index (χ0v) is 11.5. The van der Waals surface area contributed by atoms with Gasteiger partial charge in [0.15, 0.2) is 0 Å². The molecule has 0 bridgehead atoms. The van der Waals surface area contributed by atoms with Gasteiger partial charge in [0.05, 0.1) is 0 Å². The molecule has 1 aliphatic rings. The normalized spacial score (nSPS) is 12.1. The topological polar surface area (TPSA) is 12.9 Å². The highest BCUT2D eigenvalue weighted by molar-refractivity contribution is 5.74. The lowest BCUT2D eigenvalue weighted by Gasteiger charge is -2.05. The second kappa shape index (κ2) is 6.69. The predicted octanol–water partition coefficient (Wildman–Crippen LogP) is 5.20. The number of benzene rings is 1. The van der Waals surface area contributed by atoms with Crippen LogP contribution in [0.3, 0.4) is 0 Å². The van der Waals surface area contributed by atoms with Gasteiger partial charge in [-0.25, -0.2) is 0 Å². The van der Waals surface area contributed by atoms with Crippen molar-refractivity contribution in [1.82, 2.24) is 4.98 Å². The van der Waals surface area contributed by atoms with E-state index in [-0.39, 0.29) is 0 Å². The Kier molecular flexibility index (Phi) is 4.68. The highest BCUT2D eigenvalue weighted by Gasteiger charge is 2.02. The monoisotopic (exact) mass is 249 g/mol. The van der Waals surface area contributed by atoms with Crippen LogP contribution in [0.15, 0.2) is 54.9 Å². The Morgan fingerprint density at radius 1 is 0.789 bits per heavy atom. The Morgan fingerprint density at radius 3 is 2.21 bits per heavy atom. The smallest absolute Gasteiger partial charge is 0.0273 e. The first-order valence-corrected chi connectivity index (χ1v) is 6.81. The third kappa shape index (κ3) is 3.19. The fourth-order valence-corrected chi connectivity index (χ4v) is 2.06. The fourth-order valence-electron chi connectivity index (χ4n) is 2.06. The van der Waals surface area contributed by atoms with Crippen LogP contribution in [0.2, 0.25) is 0 Å². The maximum Gasteiger partial charge on any atom is 0.0273 e. The first kappa shape index (κ1) is 13.3. The van der Waals surface area contributed by atoms with E-state index in [0.717, 1.165) is 6.42 Å². The molecule has 3 rings (SSSR count). The van der Waals surface area contributed by atoms with E-state index in [2.05, 4.69) is 47.5 Å². The number of aromatic nitrogens is 1. The quantitative estimate of drug-likeness (QED) is 0.676. The van der Waals surface area contributed by atoms with Crippen LogP contribution in [0.25, 0.3) is 23.3 Å². The molecule has 1 aliphatic carbocycles. The van der Waals surface area contributed by atoms with Crippen LogP contribution in [0.5, 0.6) is 0 Å². The summed E-state index contributed by atoms with van der Waals surface area (Å²) in [6.45, 7) is 4.00. The van der Waals surface area contributed by atoms with E-state index >= 15 is 0 Å². The highest BCUT2D eigenvalue weighted by Crippen LogP contribution is 2.25. The van der Waals surface area contributed by atoms with E-state index in [4.69, 9.17) is 0 Å². The van der Waals surface area contributed by atoms with E-state index in [1.807, 2.05) is 38.4 Å². The summed E-state index contributed by atoms with van der Waals surface area (Å²) in [6, 6.07) is 10.7. The number of allylic oxidation sites excluding steroid dienone is 2.